The normalized spacial score (nSPS) is 8.00. The number of nitrogens with zero attached hydrogens (tertiary/aromatic N) is 1. The molecule has 54 valence electrons. The van der Waals surface area contributed by atoms with Gasteiger partial charge in [-0.2, -0.15) is 0 Å². The van der Waals surface area contributed by atoms with Gasteiger partial charge in [0.25, 0.3) is 0 Å². The molecule has 0 aliphatic rings. The third-order valence-electron chi connectivity index (χ3n) is 0.949. The fourth-order valence-electron chi connectivity index (χ4n) is 0. The van der Waals surface area contributed by atoms with E-state index in [1.165, 1.54) is 6.54 Å². The maximum absolute atomic E-state index is 2.18. The molecular formula is C5H19AlNOZn+. The second kappa shape index (κ2) is 9.08. The molecule has 0 spiro atoms. The first kappa shape index (κ1) is 22.5. The van der Waals surface area contributed by atoms with Crippen LogP contribution < -0.4 is 0 Å². The van der Waals surface area contributed by atoms with Gasteiger partial charge in [-0.3, -0.25) is 0 Å². The van der Waals surface area contributed by atoms with Crippen molar-refractivity contribution in [3.8, 4) is 0 Å². The van der Waals surface area contributed by atoms with Crippen LogP contribution >= 0.6 is 0 Å². The van der Waals surface area contributed by atoms with Gasteiger partial charge in [-0.25, -0.2) is 0 Å². The molecule has 2 N–H and O–H groups in total. The first-order valence-electron chi connectivity index (χ1n) is 2.36. The maximum Gasteiger partial charge on any atom is 0.187 e. The van der Waals surface area contributed by atoms with E-state index in [2.05, 4.69) is 28.1 Å². The van der Waals surface area contributed by atoms with Gasteiger partial charge in [0.15, 0.2) is 17.4 Å². The fourth-order valence-corrected chi connectivity index (χ4v) is 0. The minimum absolute atomic E-state index is 0. The maximum atomic E-state index is 2.18. The molecule has 0 aliphatic carbocycles. The van der Waals surface area contributed by atoms with Gasteiger partial charge in [0.05, 0.1) is 27.7 Å². The summed E-state index contributed by atoms with van der Waals surface area (Å²) in [5.74, 6) is 0. The topological polar surface area (TPSA) is 31.5 Å². The van der Waals surface area contributed by atoms with Crippen molar-refractivity contribution in [3.05, 3.63) is 0 Å². The van der Waals surface area contributed by atoms with Crippen LogP contribution in [0.4, 0.5) is 0 Å². The molecule has 9 heavy (non-hydrogen) atoms. The van der Waals surface area contributed by atoms with E-state index in [-0.39, 0.29) is 42.3 Å². The third-order valence-corrected chi connectivity index (χ3v) is 0.949. The molecule has 0 aromatic heterocycles. The molecule has 4 heteroatoms. The van der Waals surface area contributed by atoms with Crippen LogP contribution in [0.15, 0.2) is 0 Å². The van der Waals surface area contributed by atoms with E-state index >= 15 is 0 Å². The van der Waals surface area contributed by atoms with Gasteiger partial charge in [0.1, 0.15) is 0 Å². The van der Waals surface area contributed by atoms with Crippen molar-refractivity contribution in [1.82, 2.24) is 0 Å². The Morgan fingerprint density at radius 2 is 1.22 bits per heavy atom. The van der Waals surface area contributed by atoms with Gasteiger partial charge in [0, 0.05) is 19.5 Å². The summed E-state index contributed by atoms with van der Waals surface area (Å²) in [6.07, 6.45) is 0. The zero-order valence-electron chi connectivity index (χ0n) is 6.36. The van der Waals surface area contributed by atoms with Crippen LogP contribution in [-0.4, -0.2) is 55.0 Å². The van der Waals surface area contributed by atoms with Crippen molar-refractivity contribution in [3.63, 3.8) is 0 Å². The molecule has 0 saturated heterocycles. The van der Waals surface area contributed by atoms with Crippen LogP contribution in [0.2, 0.25) is 0 Å². The summed E-state index contributed by atoms with van der Waals surface area (Å²) < 4.78 is 1.07. The average Bonchev–Trinajstić information content (AvgIpc) is 1.35. The summed E-state index contributed by atoms with van der Waals surface area (Å²) in [5, 5.41) is 0. The monoisotopic (exact) mass is 200 g/mol. The molecular weight excluding hydrogens is 182 g/mol. The van der Waals surface area contributed by atoms with Gasteiger partial charge >= 0.3 is 0 Å². The smallest absolute Gasteiger partial charge is 0.187 e. The molecule has 0 rings (SSSR count). The molecule has 0 atom stereocenters. The number of hydrogen-bond donors (Lipinski definition) is 0. The van der Waals surface area contributed by atoms with E-state index in [9.17, 15) is 0 Å². The molecule has 2 nitrogen and oxygen atoms in total. The summed E-state index contributed by atoms with van der Waals surface area (Å²) in [6, 6.07) is 0. The minimum Gasteiger partial charge on any atom is -0.412 e. The first-order chi connectivity index (χ1) is 2.56. The predicted molar refractivity (Wildman–Crippen MR) is 42.1 cm³/mol. The number of hydrogen-bond acceptors (Lipinski definition) is 0. The Kier molecular flexibility index (Phi) is 22.7. The Morgan fingerprint density at radius 1 is 1.11 bits per heavy atom. The molecule has 0 aliphatic heterocycles. The largest absolute Gasteiger partial charge is 0.412 e. The number of rotatable bonds is 1. The van der Waals surface area contributed by atoms with Crippen molar-refractivity contribution in [1.29, 1.82) is 0 Å². The van der Waals surface area contributed by atoms with E-state index < -0.39 is 0 Å². The van der Waals surface area contributed by atoms with Crippen molar-refractivity contribution in [2.24, 2.45) is 0 Å². The molecule has 0 heterocycles. The zero-order valence-corrected chi connectivity index (χ0v) is 9.33. The van der Waals surface area contributed by atoms with Gasteiger partial charge < -0.3 is 9.96 Å². The van der Waals surface area contributed by atoms with Gasteiger partial charge in [-0.05, 0) is 6.92 Å². The Morgan fingerprint density at radius 3 is 1.22 bits per heavy atom. The summed E-state index contributed by atoms with van der Waals surface area (Å²) >= 11 is 0. The Hall–Kier alpha value is 1.08. The van der Waals surface area contributed by atoms with Crippen LogP contribution in [0.1, 0.15) is 6.92 Å². The Labute approximate surface area is 81.4 Å². The summed E-state index contributed by atoms with van der Waals surface area (Å²) in [4.78, 5) is 0. The Bertz CT molecular complexity index is 46.7. The van der Waals surface area contributed by atoms with E-state index in [0.717, 1.165) is 4.48 Å². The van der Waals surface area contributed by atoms with Crippen molar-refractivity contribution in [2.45, 2.75) is 6.92 Å². The van der Waals surface area contributed by atoms with Gasteiger partial charge in [-0.15, -0.1) is 0 Å². The van der Waals surface area contributed by atoms with Crippen molar-refractivity contribution < 1.29 is 29.4 Å². The molecule has 0 radical (unpaired) electrons. The minimum atomic E-state index is 0. The van der Waals surface area contributed by atoms with Crippen molar-refractivity contribution in [2.75, 3.05) is 27.7 Å². The summed E-state index contributed by atoms with van der Waals surface area (Å²) in [7, 11) is 6.54. The van der Waals surface area contributed by atoms with Crippen LogP contribution in [0.3, 0.4) is 0 Å². The zero-order chi connectivity index (χ0) is 5.21. The molecule has 0 amide bonds. The molecule has 0 aromatic carbocycles. The van der Waals surface area contributed by atoms with E-state index in [0.29, 0.717) is 0 Å². The standard InChI is InChI=1S/C5H14N.Al.H2O.Zn.3H/c1-5-6(2,3)4;;;;;;/h5H2,1-4H3;;1H2;;;;/q+1;;;;;;. The van der Waals surface area contributed by atoms with Crippen LogP contribution in [-0.2, 0) is 19.5 Å². The Balaban J connectivity index is -0.0000000417. The first-order valence-corrected chi connectivity index (χ1v) is 2.36. The summed E-state index contributed by atoms with van der Waals surface area (Å²) in [5.41, 5.74) is 0. The predicted octanol–water partition coefficient (Wildman–Crippen LogP) is -1.30. The molecule has 0 saturated carbocycles. The second-order valence-electron chi connectivity index (χ2n) is 2.61. The SMILES string of the molecule is CC[N+](C)(C)C.O.[AlH3].[Zn]. The van der Waals surface area contributed by atoms with E-state index in [4.69, 9.17) is 0 Å². The van der Waals surface area contributed by atoms with Gasteiger partial charge in [0.2, 0.25) is 0 Å². The molecule has 0 fully saturated rings. The fraction of sp³-hybridized carbons (Fsp3) is 1.00. The average molecular weight is 202 g/mol. The van der Waals surface area contributed by atoms with Crippen LogP contribution in [0, 0.1) is 0 Å². The second-order valence-corrected chi connectivity index (χ2v) is 2.61. The summed E-state index contributed by atoms with van der Waals surface area (Å²) in [6.45, 7) is 3.39. The van der Waals surface area contributed by atoms with Crippen LogP contribution in [0.5, 0.6) is 0 Å². The van der Waals surface area contributed by atoms with E-state index in [1.54, 1.807) is 0 Å². The quantitative estimate of drug-likeness (QED) is 0.373. The number of quaternary nitrogens is 1. The van der Waals surface area contributed by atoms with E-state index in [1.807, 2.05) is 0 Å². The third kappa shape index (κ3) is 27.4. The molecule has 0 aromatic rings. The molecule has 0 bridgehead atoms. The van der Waals surface area contributed by atoms with Crippen LogP contribution in [0.25, 0.3) is 0 Å². The van der Waals surface area contributed by atoms with Crippen molar-refractivity contribution >= 4 is 17.4 Å². The van der Waals surface area contributed by atoms with Gasteiger partial charge in [-0.1, -0.05) is 0 Å². The molecule has 0 unspecified atom stereocenters.